The second-order valence-electron chi connectivity index (χ2n) is 6.33. The summed E-state index contributed by atoms with van der Waals surface area (Å²) in [4.78, 5) is 39.6. The number of hydrogen-bond acceptors (Lipinski definition) is 4. The van der Waals surface area contributed by atoms with Gasteiger partial charge in [0, 0.05) is 24.7 Å². The molecule has 118 valence electrons. The van der Waals surface area contributed by atoms with Crippen molar-refractivity contribution in [2.45, 2.75) is 26.3 Å². The van der Waals surface area contributed by atoms with Gasteiger partial charge < -0.3 is 10.0 Å². The molecule has 0 saturated heterocycles. The summed E-state index contributed by atoms with van der Waals surface area (Å²) < 4.78 is 0. The molecule has 1 aromatic carbocycles. The molecule has 2 rings (SSSR count). The van der Waals surface area contributed by atoms with Crippen LogP contribution in [-0.4, -0.2) is 58.4 Å². The number of imide groups is 1. The fraction of sp³-hybridized carbons (Fsp3) is 0.438. The molecule has 0 radical (unpaired) electrons. The maximum absolute atomic E-state index is 12.5. The van der Waals surface area contributed by atoms with Gasteiger partial charge in [0.05, 0.1) is 17.7 Å². The van der Waals surface area contributed by atoms with Crippen LogP contribution < -0.4 is 0 Å². The normalized spacial score (nSPS) is 14.3. The zero-order chi connectivity index (χ0) is 16.7. The number of nitrogens with zero attached hydrogens (tertiary/aromatic N) is 2. The minimum atomic E-state index is -0.620. The van der Waals surface area contributed by atoms with Crippen LogP contribution in [0, 0.1) is 0 Å². The van der Waals surface area contributed by atoms with Gasteiger partial charge in [-0.15, -0.1) is 0 Å². The van der Waals surface area contributed by atoms with E-state index in [0.29, 0.717) is 11.1 Å². The molecule has 22 heavy (non-hydrogen) atoms. The Morgan fingerprint density at radius 3 is 2.32 bits per heavy atom. The van der Waals surface area contributed by atoms with Gasteiger partial charge in [-0.05, 0) is 39.0 Å². The Balaban J connectivity index is 2.40. The van der Waals surface area contributed by atoms with Crippen molar-refractivity contribution < 1.29 is 19.5 Å². The number of carbonyl (C=O) groups is 3. The molecule has 6 heteroatoms. The Bertz CT molecular complexity index is 646. The summed E-state index contributed by atoms with van der Waals surface area (Å²) in [5.74, 6) is -1.02. The number of rotatable bonds is 3. The number of aliphatic hydroxyl groups is 1. The Kier molecular flexibility index (Phi) is 4.06. The van der Waals surface area contributed by atoms with Crippen LogP contribution in [0.3, 0.4) is 0 Å². The predicted molar refractivity (Wildman–Crippen MR) is 80.7 cm³/mol. The van der Waals surface area contributed by atoms with Crippen molar-refractivity contribution in [3.63, 3.8) is 0 Å². The van der Waals surface area contributed by atoms with E-state index in [4.69, 9.17) is 5.11 Å². The van der Waals surface area contributed by atoms with E-state index in [-0.39, 0.29) is 36.4 Å². The van der Waals surface area contributed by atoms with Crippen molar-refractivity contribution in [2.24, 2.45) is 0 Å². The van der Waals surface area contributed by atoms with E-state index in [1.807, 2.05) is 0 Å². The molecule has 0 bridgehead atoms. The molecule has 0 spiro atoms. The second-order valence-corrected chi connectivity index (χ2v) is 6.33. The molecule has 0 unspecified atom stereocenters. The standard InChI is InChI=1S/C16H20N2O4/c1-16(2,3)18-14(21)11-6-5-10(9-12(11)15(18)22)13(20)17(4)7-8-19/h5-6,9,19H,7-8H2,1-4H3. The van der Waals surface area contributed by atoms with Gasteiger partial charge in [0.1, 0.15) is 0 Å². The quantitative estimate of drug-likeness (QED) is 0.850. The molecular weight excluding hydrogens is 284 g/mol. The van der Waals surface area contributed by atoms with Crippen LogP contribution in [0.2, 0.25) is 0 Å². The summed E-state index contributed by atoms with van der Waals surface area (Å²) in [5.41, 5.74) is 0.279. The Morgan fingerprint density at radius 1 is 1.18 bits per heavy atom. The zero-order valence-corrected chi connectivity index (χ0v) is 13.2. The molecule has 1 aliphatic rings. The van der Waals surface area contributed by atoms with E-state index < -0.39 is 5.54 Å². The highest BCUT2D eigenvalue weighted by Gasteiger charge is 2.42. The third-order valence-electron chi connectivity index (χ3n) is 3.59. The number of likely N-dealkylation sites (N-methyl/N-ethyl adjacent to an activating group) is 1. The van der Waals surface area contributed by atoms with Gasteiger partial charge >= 0.3 is 0 Å². The molecule has 1 aliphatic heterocycles. The van der Waals surface area contributed by atoms with E-state index in [9.17, 15) is 14.4 Å². The predicted octanol–water partition coefficient (Wildman–Crippen LogP) is 1.15. The summed E-state index contributed by atoms with van der Waals surface area (Å²) in [5, 5.41) is 8.89. The van der Waals surface area contributed by atoms with Gasteiger partial charge in [0.25, 0.3) is 17.7 Å². The van der Waals surface area contributed by atoms with Crippen LogP contribution >= 0.6 is 0 Å². The van der Waals surface area contributed by atoms with Crippen LogP contribution in [0.1, 0.15) is 51.8 Å². The molecular formula is C16H20N2O4. The molecule has 6 nitrogen and oxygen atoms in total. The maximum Gasteiger partial charge on any atom is 0.262 e. The molecule has 0 aromatic heterocycles. The molecule has 0 saturated carbocycles. The minimum absolute atomic E-state index is 0.137. The molecule has 1 aromatic rings. The molecule has 0 aliphatic carbocycles. The second kappa shape index (κ2) is 5.53. The number of amides is 3. The highest BCUT2D eigenvalue weighted by atomic mass is 16.3. The van der Waals surface area contributed by atoms with E-state index in [2.05, 4.69) is 0 Å². The van der Waals surface area contributed by atoms with E-state index in [1.165, 1.54) is 28.0 Å². The van der Waals surface area contributed by atoms with Crippen LogP contribution in [0.25, 0.3) is 0 Å². The van der Waals surface area contributed by atoms with Gasteiger partial charge in [-0.1, -0.05) is 0 Å². The van der Waals surface area contributed by atoms with E-state index in [0.717, 1.165) is 0 Å². The summed E-state index contributed by atoms with van der Waals surface area (Å²) in [6.45, 7) is 5.43. The van der Waals surface area contributed by atoms with Crippen LogP contribution in [0.5, 0.6) is 0 Å². The lowest BCUT2D eigenvalue weighted by Gasteiger charge is -2.29. The monoisotopic (exact) mass is 304 g/mol. The molecule has 3 amide bonds. The first-order valence-electron chi connectivity index (χ1n) is 7.07. The first kappa shape index (κ1) is 16.2. The van der Waals surface area contributed by atoms with Gasteiger partial charge in [-0.25, -0.2) is 0 Å². The van der Waals surface area contributed by atoms with Crippen LogP contribution in [-0.2, 0) is 0 Å². The smallest absolute Gasteiger partial charge is 0.262 e. The van der Waals surface area contributed by atoms with Crippen molar-refractivity contribution in [2.75, 3.05) is 20.2 Å². The third-order valence-corrected chi connectivity index (χ3v) is 3.59. The first-order chi connectivity index (χ1) is 10.2. The number of fused-ring (bicyclic) bond motifs is 1. The first-order valence-corrected chi connectivity index (χ1v) is 7.07. The largest absolute Gasteiger partial charge is 0.395 e. The highest BCUT2D eigenvalue weighted by Crippen LogP contribution is 2.30. The van der Waals surface area contributed by atoms with Crippen molar-refractivity contribution >= 4 is 17.7 Å². The van der Waals surface area contributed by atoms with E-state index >= 15 is 0 Å². The van der Waals surface area contributed by atoms with Crippen molar-refractivity contribution in [1.82, 2.24) is 9.80 Å². The highest BCUT2D eigenvalue weighted by molar-refractivity contribution is 6.22. The Hall–Kier alpha value is -2.21. The lowest BCUT2D eigenvalue weighted by molar-refractivity contribution is 0.0507. The molecule has 1 heterocycles. The van der Waals surface area contributed by atoms with Gasteiger partial charge in [0.2, 0.25) is 0 Å². The maximum atomic E-state index is 12.5. The number of aliphatic hydroxyl groups excluding tert-OH is 1. The average Bonchev–Trinajstić information content (AvgIpc) is 2.69. The van der Waals surface area contributed by atoms with Gasteiger partial charge in [-0.2, -0.15) is 0 Å². The van der Waals surface area contributed by atoms with Crippen molar-refractivity contribution in [1.29, 1.82) is 0 Å². The zero-order valence-electron chi connectivity index (χ0n) is 13.2. The lowest BCUT2D eigenvalue weighted by Crippen LogP contribution is -2.45. The van der Waals surface area contributed by atoms with Crippen molar-refractivity contribution in [3.05, 3.63) is 34.9 Å². The Labute approximate surface area is 129 Å². The number of benzene rings is 1. The minimum Gasteiger partial charge on any atom is -0.395 e. The topological polar surface area (TPSA) is 77.9 Å². The summed E-state index contributed by atoms with van der Waals surface area (Å²) in [7, 11) is 1.57. The SMILES string of the molecule is CN(CCO)C(=O)c1ccc2c(c1)C(=O)N(C(C)(C)C)C2=O. The fourth-order valence-electron chi connectivity index (χ4n) is 2.46. The van der Waals surface area contributed by atoms with Gasteiger partial charge in [0.15, 0.2) is 0 Å². The Morgan fingerprint density at radius 2 is 1.77 bits per heavy atom. The molecule has 0 atom stereocenters. The van der Waals surface area contributed by atoms with Crippen LogP contribution in [0.15, 0.2) is 18.2 Å². The van der Waals surface area contributed by atoms with Crippen molar-refractivity contribution in [3.8, 4) is 0 Å². The number of carbonyl (C=O) groups excluding carboxylic acids is 3. The molecule has 1 N–H and O–H groups in total. The third kappa shape index (κ3) is 2.62. The number of hydrogen-bond donors (Lipinski definition) is 1. The van der Waals surface area contributed by atoms with E-state index in [1.54, 1.807) is 27.8 Å². The molecule has 0 fully saturated rings. The fourth-order valence-corrected chi connectivity index (χ4v) is 2.46. The average molecular weight is 304 g/mol. The summed E-state index contributed by atoms with van der Waals surface area (Å²) in [6, 6.07) is 4.51. The van der Waals surface area contributed by atoms with Crippen LogP contribution in [0.4, 0.5) is 0 Å². The lowest BCUT2D eigenvalue weighted by atomic mass is 10.0. The van der Waals surface area contributed by atoms with Gasteiger partial charge in [-0.3, -0.25) is 19.3 Å². The summed E-state index contributed by atoms with van der Waals surface area (Å²) >= 11 is 0. The summed E-state index contributed by atoms with van der Waals surface area (Å²) in [6.07, 6.45) is 0.